The number of benzene rings is 1. The Morgan fingerprint density at radius 3 is 2.69 bits per heavy atom. The lowest BCUT2D eigenvalue weighted by Crippen LogP contribution is -2.52. The lowest BCUT2D eigenvalue weighted by atomic mass is 9.91. The van der Waals surface area contributed by atoms with Gasteiger partial charge in [0.25, 0.3) is 5.91 Å². The maximum absolute atomic E-state index is 12.7. The Morgan fingerprint density at radius 1 is 1.26 bits per heavy atom. The molecule has 1 atom stereocenters. The molecule has 1 fully saturated rings. The fraction of sp³-hybridized carbons (Fsp3) is 0.484. The van der Waals surface area contributed by atoms with Gasteiger partial charge in [-0.15, -0.1) is 0 Å². The summed E-state index contributed by atoms with van der Waals surface area (Å²) in [5.41, 5.74) is 5.36. The van der Waals surface area contributed by atoms with Gasteiger partial charge in [-0.3, -0.25) is 14.7 Å². The van der Waals surface area contributed by atoms with E-state index in [0.29, 0.717) is 24.2 Å². The van der Waals surface area contributed by atoms with Gasteiger partial charge < -0.3 is 20.3 Å². The molecule has 1 saturated heterocycles. The molecule has 2 heterocycles. The number of likely N-dealkylation sites (tertiary alicyclic amines) is 1. The van der Waals surface area contributed by atoms with Gasteiger partial charge in [-0.1, -0.05) is 30.5 Å². The molecule has 1 aromatic heterocycles. The predicted molar refractivity (Wildman–Crippen MR) is 164 cm³/mol. The number of nitrogens with zero attached hydrogens (tertiary/aromatic N) is 3. The minimum atomic E-state index is -0.0979. The molecule has 1 amide bonds. The number of likely N-dealkylation sites (N-methyl/N-ethyl adjacent to an activating group) is 1. The third kappa shape index (κ3) is 8.85. The fourth-order valence-electron chi connectivity index (χ4n) is 4.67. The maximum atomic E-state index is 12.7. The third-order valence-corrected chi connectivity index (χ3v) is 8.26. The number of carbonyl (C=O) groups is 1. The van der Waals surface area contributed by atoms with E-state index in [1.54, 1.807) is 19.4 Å². The summed E-state index contributed by atoms with van der Waals surface area (Å²) in [7, 11) is 5.97. The van der Waals surface area contributed by atoms with Gasteiger partial charge in [0.05, 0.1) is 6.61 Å². The van der Waals surface area contributed by atoms with Gasteiger partial charge in [-0.05, 0) is 83.1 Å². The van der Waals surface area contributed by atoms with Crippen molar-refractivity contribution in [2.75, 3.05) is 53.9 Å². The molecular weight excluding hydrogens is 506 g/mol. The van der Waals surface area contributed by atoms with Gasteiger partial charge in [0.15, 0.2) is 0 Å². The van der Waals surface area contributed by atoms with E-state index in [9.17, 15) is 4.79 Å². The number of amides is 1. The number of unbranched alkanes of at least 4 members (excludes halogenated alkanes) is 1. The number of pyridine rings is 1. The van der Waals surface area contributed by atoms with Crippen LogP contribution in [0.3, 0.4) is 0 Å². The van der Waals surface area contributed by atoms with Crippen LogP contribution in [-0.4, -0.2) is 74.6 Å². The summed E-state index contributed by atoms with van der Waals surface area (Å²) < 4.78 is 6.10. The first-order valence-corrected chi connectivity index (χ1v) is 14.6. The molecule has 8 heteroatoms. The van der Waals surface area contributed by atoms with Gasteiger partial charge in [-0.25, -0.2) is 0 Å². The van der Waals surface area contributed by atoms with Crippen molar-refractivity contribution in [2.45, 2.75) is 39.7 Å². The Bertz CT molecular complexity index is 1130. The van der Waals surface area contributed by atoms with E-state index in [2.05, 4.69) is 79.0 Å². The molecule has 1 unspecified atom stereocenters. The molecule has 3 rings (SSSR count). The average Bonchev–Trinajstić information content (AvgIpc) is 2.90. The summed E-state index contributed by atoms with van der Waals surface area (Å²) in [4.78, 5) is 22.4. The van der Waals surface area contributed by atoms with Crippen LogP contribution in [-0.2, 0) is 4.79 Å². The molecule has 7 nitrogen and oxygen atoms in total. The minimum Gasteiger partial charge on any atom is -0.493 e. The highest BCUT2D eigenvalue weighted by Gasteiger charge is 2.32. The first-order chi connectivity index (χ1) is 18.7. The molecule has 39 heavy (non-hydrogen) atoms. The number of aromatic nitrogens is 1. The predicted octanol–water partition coefficient (Wildman–Crippen LogP) is 4.99. The van der Waals surface area contributed by atoms with E-state index < -0.39 is 0 Å². The van der Waals surface area contributed by atoms with E-state index in [1.165, 1.54) is 28.5 Å². The van der Waals surface area contributed by atoms with Gasteiger partial charge >= 0.3 is 0 Å². The second-order valence-corrected chi connectivity index (χ2v) is 11.5. The maximum Gasteiger partial charge on any atom is 0.267 e. The van der Waals surface area contributed by atoms with Crippen LogP contribution in [0.1, 0.15) is 48.1 Å². The fourth-order valence-corrected chi connectivity index (χ4v) is 5.42. The van der Waals surface area contributed by atoms with Gasteiger partial charge in [0.1, 0.15) is 11.4 Å². The number of carbonyl (C=O) groups excluding carboxylic acids is 1. The van der Waals surface area contributed by atoms with Gasteiger partial charge in [0, 0.05) is 66.9 Å². The third-order valence-electron chi connectivity index (χ3n) is 7.39. The van der Waals surface area contributed by atoms with E-state index >= 15 is 0 Å². The monoisotopic (exact) mass is 551 g/mol. The van der Waals surface area contributed by atoms with Crippen molar-refractivity contribution < 1.29 is 9.53 Å². The normalized spacial score (nSPS) is 15.1. The summed E-state index contributed by atoms with van der Waals surface area (Å²) >= 11 is 1.42. The first-order valence-electron chi connectivity index (χ1n) is 13.7. The zero-order valence-electron chi connectivity index (χ0n) is 24.4. The van der Waals surface area contributed by atoms with Crippen LogP contribution in [0.15, 0.2) is 54.3 Å². The SMILES string of the molecule is C=C(S/C=C(\NC)C(=O)NCC1CN(C(C)c2ccc(OCCCCN(C)C)c(C)c2C)C1)c1cccnc1. The lowest BCUT2D eigenvalue weighted by molar-refractivity contribution is -0.118. The van der Waals surface area contributed by atoms with Crippen molar-refractivity contribution in [3.63, 3.8) is 0 Å². The second-order valence-electron chi connectivity index (χ2n) is 10.5. The minimum absolute atomic E-state index is 0.0979. The number of rotatable bonds is 15. The van der Waals surface area contributed by atoms with Crippen LogP contribution in [0.25, 0.3) is 4.91 Å². The van der Waals surface area contributed by atoms with Crippen LogP contribution in [0, 0.1) is 19.8 Å². The van der Waals surface area contributed by atoms with Crippen molar-refractivity contribution in [1.82, 2.24) is 25.4 Å². The highest BCUT2D eigenvalue weighted by Crippen LogP contribution is 2.34. The number of hydrogen-bond donors (Lipinski definition) is 2. The number of hydrogen-bond acceptors (Lipinski definition) is 7. The van der Waals surface area contributed by atoms with E-state index in [0.717, 1.165) is 55.3 Å². The number of ether oxygens (including phenoxy) is 1. The summed E-state index contributed by atoms with van der Waals surface area (Å²) in [6, 6.07) is 8.51. The standard InChI is InChI=1S/C31H45N5O2S/c1-22-23(2)30(38-16-9-8-15-35(6)7)13-12-28(22)24(3)36-19-26(20-36)17-34-31(37)29(32-5)21-39-25(4)27-11-10-14-33-18-27/h10-14,18,21,24,26,32H,4,8-9,15-17,19-20H2,1-3,5-7H3,(H,34,37)/b29-21-. The Hall–Kier alpha value is -2.81. The summed E-state index contributed by atoms with van der Waals surface area (Å²) in [5.74, 6) is 1.34. The second kappa shape index (κ2) is 15.1. The van der Waals surface area contributed by atoms with Gasteiger partial charge in [-0.2, -0.15) is 0 Å². The lowest BCUT2D eigenvalue weighted by Gasteiger charge is -2.44. The molecular formula is C31H45N5O2S. The molecule has 1 aromatic carbocycles. The summed E-state index contributed by atoms with van der Waals surface area (Å²) in [5, 5.41) is 7.90. The van der Waals surface area contributed by atoms with Crippen LogP contribution in [0.2, 0.25) is 0 Å². The quantitative estimate of drug-likeness (QED) is 0.239. The molecule has 0 spiro atoms. The summed E-state index contributed by atoms with van der Waals surface area (Å²) in [6.45, 7) is 15.2. The molecule has 0 saturated carbocycles. The van der Waals surface area contributed by atoms with Crippen molar-refractivity contribution >= 4 is 22.6 Å². The molecule has 0 radical (unpaired) electrons. The van der Waals surface area contributed by atoms with Crippen LogP contribution >= 0.6 is 11.8 Å². The molecule has 1 aliphatic rings. The molecule has 212 valence electrons. The molecule has 2 aromatic rings. The molecule has 2 N–H and O–H groups in total. The first kappa shape index (κ1) is 30.7. The highest BCUT2D eigenvalue weighted by atomic mass is 32.2. The Morgan fingerprint density at radius 2 is 2.03 bits per heavy atom. The summed E-state index contributed by atoms with van der Waals surface area (Å²) in [6.07, 6.45) is 5.70. The Kier molecular flexibility index (Phi) is 11.9. The van der Waals surface area contributed by atoms with Crippen LogP contribution < -0.4 is 15.4 Å². The zero-order chi connectivity index (χ0) is 28.4. The van der Waals surface area contributed by atoms with Crippen molar-refractivity contribution in [3.8, 4) is 5.75 Å². The van der Waals surface area contributed by atoms with Crippen molar-refractivity contribution in [3.05, 3.63) is 76.6 Å². The largest absolute Gasteiger partial charge is 0.493 e. The van der Waals surface area contributed by atoms with Crippen LogP contribution in [0.5, 0.6) is 5.75 Å². The molecule has 0 aliphatic carbocycles. The highest BCUT2D eigenvalue weighted by molar-refractivity contribution is 8.10. The Balaban J connectivity index is 1.44. The smallest absolute Gasteiger partial charge is 0.267 e. The van der Waals surface area contributed by atoms with E-state index in [4.69, 9.17) is 4.74 Å². The average molecular weight is 552 g/mol. The molecule has 1 aliphatic heterocycles. The number of thioether (sulfide) groups is 1. The Labute approximate surface area is 239 Å². The van der Waals surface area contributed by atoms with Gasteiger partial charge in [0.2, 0.25) is 0 Å². The van der Waals surface area contributed by atoms with Crippen molar-refractivity contribution in [2.24, 2.45) is 5.92 Å². The van der Waals surface area contributed by atoms with E-state index in [-0.39, 0.29) is 5.91 Å². The molecule has 0 bridgehead atoms. The topological polar surface area (TPSA) is 69.7 Å². The number of nitrogens with one attached hydrogen (secondary N) is 2. The van der Waals surface area contributed by atoms with E-state index in [1.807, 2.05) is 17.5 Å². The van der Waals surface area contributed by atoms with Crippen LogP contribution in [0.4, 0.5) is 0 Å². The van der Waals surface area contributed by atoms with Crippen molar-refractivity contribution in [1.29, 1.82) is 0 Å². The zero-order valence-corrected chi connectivity index (χ0v) is 25.2.